The largest absolute Gasteiger partial charge is 0.478 e. The molecule has 0 radical (unpaired) electrons. The van der Waals surface area contributed by atoms with E-state index in [1.165, 1.54) is 36.4 Å². The van der Waals surface area contributed by atoms with Crippen LogP contribution < -0.4 is 5.32 Å². The molecule has 0 fully saturated rings. The standard InChI is InChI=1S/C23H17NO6/c25-20(15-7-2-1-3-8-15)14-30-23(29)16-9-6-10-17(13-16)24-21(26)18-11-4-5-12-19(18)22(27)28/h1-13H,14H2,(H,24,26)(H,27,28). The first-order chi connectivity index (χ1) is 14.5. The van der Waals surface area contributed by atoms with Crippen LogP contribution in [0.25, 0.3) is 0 Å². The maximum Gasteiger partial charge on any atom is 0.338 e. The van der Waals surface area contributed by atoms with Gasteiger partial charge in [-0.3, -0.25) is 9.59 Å². The van der Waals surface area contributed by atoms with Gasteiger partial charge in [-0.15, -0.1) is 0 Å². The Labute approximate surface area is 171 Å². The molecule has 30 heavy (non-hydrogen) atoms. The van der Waals surface area contributed by atoms with Crippen molar-refractivity contribution in [3.63, 3.8) is 0 Å². The minimum absolute atomic E-state index is 0.00793. The molecule has 7 nitrogen and oxygen atoms in total. The van der Waals surface area contributed by atoms with Gasteiger partial charge in [-0.05, 0) is 30.3 Å². The highest BCUT2D eigenvalue weighted by molar-refractivity contribution is 6.11. The summed E-state index contributed by atoms with van der Waals surface area (Å²) in [6.07, 6.45) is 0. The molecule has 0 unspecified atom stereocenters. The Hall–Kier alpha value is -4.26. The summed E-state index contributed by atoms with van der Waals surface area (Å²) in [6.45, 7) is -0.411. The normalized spacial score (nSPS) is 10.1. The Balaban J connectivity index is 1.67. The predicted molar refractivity (Wildman–Crippen MR) is 109 cm³/mol. The number of carbonyl (C=O) groups excluding carboxylic acids is 3. The number of aromatic carboxylic acids is 1. The van der Waals surface area contributed by atoms with Crippen molar-refractivity contribution in [2.24, 2.45) is 0 Å². The topological polar surface area (TPSA) is 110 Å². The van der Waals surface area contributed by atoms with E-state index in [1.807, 2.05) is 0 Å². The average Bonchev–Trinajstić information content (AvgIpc) is 2.78. The second-order valence-corrected chi connectivity index (χ2v) is 6.25. The van der Waals surface area contributed by atoms with Crippen LogP contribution >= 0.6 is 0 Å². The van der Waals surface area contributed by atoms with Gasteiger partial charge in [0.2, 0.25) is 0 Å². The van der Waals surface area contributed by atoms with Gasteiger partial charge in [0.25, 0.3) is 5.91 Å². The molecule has 3 aromatic rings. The first-order valence-corrected chi connectivity index (χ1v) is 8.95. The van der Waals surface area contributed by atoms with Crippen molar-refractivity contribution in [3.8, 4) is 0 Å². The highest BCUT2D eigenvalue weighted by Gasteiger charge is 2.17. The molecule has 2 N–H and O–H groups in total. The third-order valence-corrected chi connectivity index (χ3v) is 4.19. The van der Waals surface area contributed by atoms with Crippen LogP contribution in [0.1, 0.15) is 41.4 Å². The fourth-order valence-electron chi connectivity index (χ4n) is 2.71. The van der Waals surface area contributed by atoms with Gasteiger partial charge in [0.1, 0.15) is 0 Å². The average molecular weight is 403 g/mol. The minimum atomic E-state index is -1.22. The number of Topliss-reactive ketones (excluding diaryl/α,β-unsaturated/α-hetero) is 1. The van der Waals surface area contributed by atoms with Crippen molar-refractivity contribution in [2.75, 3.05) is 11.9 Å². The quantitative estimate of drug-likeness (QED) is 0.460. The third kappa shape index (κ3) is 4.96. The van der Waals surface area contributed by atoms with Crippen LogP contribution in [0.3, 0.4) is 0 Å². The van der Waals surface area contributed by atoms with E-state index in [9.17, 15) is 24.3 Å². The van der Waals surface area contributed by atoms with Crippen molar-refractivity contribution < 1.29 is 29.0 Å². The lowest BCUT2D eigenvalue weighted by atomic mass is 10.1. The molecule has 0 aliphatic heterocycles. The first kappa shape index (κ1) is 20.5. The molecule has 3 aromatic carbocycles. The van der Waals surface area contributed by atoms with Crippen LogP contribution in [0.15, 0.2) is 78.9 Å². The number of carbonyl (C=O) groups is 4. The number of ketones is 1. The maximum absolute atomic E-state index is 12.5. The Morgan fingerprint density at radius 3 is 2.10 bits per heavy atom. The second-order valence-electron chi connectivity index (χ2n) is 6.25. The van der Waals surface area contributed by atoms with Crippen LogP contribution in [-0.2, 0) is 4.74 Å². The van der Waals surface area contributed by atoms with E-state index in [-0.39, 0.29) is 28.2 Å². The van der Waals surface area contributed by atoms with Crippen LogP contribution in [-0.4, -0.2) is 35.3 Å². The van der Waals surface area contributed by atoms with Crippen molar-refractivity contribution in [2.45, 2.75) is 0 Å². The zero-order valence-electron chi connectivity index (χ0n) is 15.7. The van der Waals surface area contributed by atoms with Gasteiger partial charge in [0, 0.05) is 11.3 Å². The van der Waals surface area contributed by atoms with Crippen LogP contribution in [0, 0.1) is 0 Å². The SMILES string of the molecule is O=C(COC(=O)c1cccc(NC(=O)c2ccccc2C(=O)O)c1)c1ccccc1. The summed E-state index contributed by atoms with van der Waals surface area (Å²) < 4.78 is 5.06. The molecule has 150 valence electrons. The molecular weight excluding hydrogens is 386 g/mol. The van der Waals surface area contributed by atoms with E-state index < -0.39 is 24.5 Å². The molecule has 0 bridgehead atoms. The molecular formula is C23H17NO6. The van der Waals surface area contributed by atoms with Gasteiger partial charge in [0.05, 0.1) is 16.7 Å². The number of hydrogen-bond donors (Lipinski definition) is 2. The number of rotatable bonds is 7. The zero-order valence-corrected chi connectivity index (χ0v) is 15.7. The molecule has 0 atom stereocenters. The Kier molecular flexibility index (Phi) is 6.34. The number of benzene rings is 3. The van der Waals surface area contributed by atoms with Gasteiger partial charge in [-0.1, -0.05) is 48.5 Å². The lowest BCUT2D eigenvalue weighted by Gasteiger charge is -2.09. The lowest BCUT2D eigenvalue weighted by Crippen LogP contribution is -2.17. The first-order valence-electron chi connectivity index (χ1n) is 8.95. The fraction of sp³-hybridized carbons (Fsp3) is 0.0435. The van der Waals surface area contributed by atoms with Gasteiger partial charge in [-0.2, -0.15) is 0 Å². The molecule has 0 saturated heterocycles. The van der Waals surface area contributed by atoms with E-state index in [4.69, 9.17) is 4.74 Å². The van der Waals surface area contributed by atoms with Crippen LogP contribution in [0.2, 0.25) is 0 Å². The maximum atomic E-state index is 12.5. The van der Waals surface area contributed by atoms with Crippen molar-refractivity contribution in [1.29, 1.82) is 0 Å². The predicted octanol–water partition coefficient (Wildman–Crippen LogP) is 3.68. The number of esters is 1. The molecule has 0 heterocycles. The highest BCUT2D eigenvalue weighted by atomic mass is 16.5. The summed E-state index contributed by atoms with van der Waals surface area (Å²) in [4.78, 5) is 48.1. The molecule has 0 aliphatic rings. The van der Waals surface area contributed by atoms with E-state index in [0.29, 0.717) is 5.56 Å². The van der Waals surface area contributed by atoms with Crippen molar-refractivity contribution in [3.05, 3.63) is 101 Å². The Morgan fingerprint density at radius 2 is 1.40 bits per heavy atom. The van der Waals surface area contributed by atoms with Gasteiger partial charge < -0.3 is 15.2 Å². The van der Waals surface area contributed by atoms with Gasteiger partial charge in [-0.25, -0.2) is 9.59 Å². The van der Waals surface area contributed by atoms with E-state index >= 15 is 0 Å². The summed E-state index contributed by atoms with van der Waals surface area (Å²) in [5.41, 5.74) is 0.712. The lowest BCUT2D eigenvalue weighted by molar-refractivity contribution is 0.0474. The molecule has 0 aromatic heterocycles. The van der Waals surface area contributed by atoms with Crippen molar-refractivity contribution >= 4 is 29.3 Å². The number of hydrogen-bond acceptors (Lipinski definition) is 5. The van der Waals surface area contributed by atoms with Crippen LogP contribution in [0.5, 0.6) is 0 Å². The highest BCUT2D eigenvalue weighted by Crippen LogP contribution is 2.16. The molecule has 0 saturated carbocycles. The number of nitrogens with one attached hydrogen (secondary N) is 1. The van der Waals surface area contributed by atoms with Crippen molar-refractivity contribution in [1.82, 2.24) is 0 Å². The summed E-state index contributed by atoms with van der Waals surface area (Å²) >= 11 is 0. The summed E-state index contributed by atoms with van der Waals surface area (Å²) in [5.74, 6) is -2.90. The van der Waals surface area contributed by atoms with E-state index in [2.05, 4.69) is 5.32 Å². The summed E-state index contributed by atoms with van der Waals surface area (Å²) in [5, 5.41) is 11.8. The zero-order chi connectivity index (χ0) is 21.5. The van der Waals surface area contributed by atoms with Gasteiger partial charge in [0.15, 0.2) is 12.4 Å². The Morgan fingerprint density at radius 1 is 0.767 bits per heavy atom. The molecule has 3 rings (SSSR count). The van der Waals surface area contributed by atoms with Gasteiger partial charge >= 0.3 is 11.9 Å². The van der Waals surface area contributed by atoms with Crippen LogP contribution in [0.4, 0.5) is 5.69 Å². The molecule has 7 heteroatoms. The third-order valence-electron chi connectivity index (χ3n) is 4.19. The Bertz CT molecular complexity index is 1110. The smallest absolute Gasteiger partial charge is 0.338 e. The minimum Gasteiger partial charge on any atom is -0.478 e. The second kappa shape index (κ2) is 9.29. The number of amides is 1. The number of carboxylic acid groups (broad SMARTS) is 1. The summed E-state index contributed by atoms with van der Waals surface area (Å²) in [7, 11) is 0. The number of carboxylic acids is 1. The van der Waals surface area contributed by atoms with E-state index in [1.54, 1.807) is 42.5 Å². The molecule has 0 spiro atoms. The molecule has 1 amide bonds. The van der Waals surface area contributed by atoms with E-state index in [0.717, 1.165) is 0 Å². The fourth-order valence-corrected chi connectivity index (χ4v) is 2.71. The monoisotopic (exact) mass is 403 g/mol. The summed E-state index contributed by atoms with van der Waals surface area (Å²) in [6, 6.07) is 20.2. The number of ether oxygens (including phenoxy) is 1. The molecule has 0 aliphatic carbocycles. The number of anilines is 1.